The van der Waals surface area contributed by atoms with Crippen LogP contribution >= 0.6 is 0 Å². The van der Waals surface area contributed by atoms with Crippen LogP contribution in [0, 0.1) is 13.8 Å². The van der Waals surface area contributed by atoms with Crippen LogP contribution in [0.15, 0.2) is 18.2 Å². The molecule has 5 heteroatoms. The fourth-order valence-electron chi connectivity index (χ4n) is 2.19. The van der Waals surface area contributed by atoms with Crippen molar-refractivity contribution in [3.63, 3.8) is 0 Å². The first-order valence-electron chi connectivity index (χ1n) is 6.26. The molecule has 0 spiro atoms. The van der Waals surface area contributed by atoms with Gasteiger partial charge < -0.3 is 14.4 Å². The Balaban J connectivity index is 2.45. The summed E-state index contributed by atoms with van der Waals surface area (Å²) in [4.78, 5) is 0. The molecule has 0 aliphatic rings. The average Bonchev–Trinajstić information content (AvgIpc) is 2.77. The molecule has 0 radical (unpaired) electrons. The second-order valence-corrected chi connectivity index (χ2v) is 4.62. The van der Waals surface area contributed by atoms with Gasteiger partial charge in [0.15, 0.2) is 11.6 Å². The summed E-state index contributed by atoms with van der Waals surface area (Å²) in [5, 5.41) is 17.5. The van der Waals surface area contributed by atoms with Crippen LogP contribution in [0.25, 0.3) is 11.4 Å². The Morgan fingerprint density at radius 3 is 2.42 bits per heavy atom. The normalized spacial score (nSPS) is 10.9. The van der Waals surface area contributed by atoms with Gasteiger partial charge in [-0.15, -0.1) is 10.2 Å². The van der Waals surface area contributed by atoms with Crippen molar-refractivity contribution in [2.24, 2.45) is 0 Å². The molecule has 0 saturated carbocycles. The topological polar surface area (TPSA) is 60.2 Å². The Morgan fingerprint density at radius 2 is 1.84 bits per heavy atom. The van der Waals surface area contributed by atoms with Crippen LogP contribution in [0.3, 0.4) is 0 Å². The molecule has 1 heterocycles. The standard InChI is InChI=1S/C14H19N3O2/c1-10-6-11(2)8-12(7-10)14-16-15-13(9-18)17(14)4-5-19-3/h6-8,18H,4-5,9H2,1-3H3. The number of benzene rings is 1. The van der Waals surface area contributed by atoms with E-state index in [0.29, 0.717) is 19.0 Å². The number of aliphatic hydroxyl groups is 1. The molecular formula is C14H19N3O2. The molecule has 2 aromatic rings. The largest absolute Gasteiger partial charge is 0.388 e. The van der Waals surface area contributed by atoms with E-state index in [4.69, 9.17) is 4.74 Å². The monoisotopic (exact) mass is 261 g/mol. The fourth-order valence-corrected chi connectivity index (χ4v) is 2.19. The lowest BCUT2D eigenvalue weighted by Crippen LogP contribution is -2.10. The van der Waals surface area contributed by atoms with E-state index in [1.807, 2.05) is 4.57 Å². The Hall–Kier alpha value is -1.72. The molecule has 1 aromatic heterocycles. The van der Waals surface area contributed by atoms with Crippen LogP contribution in [-0.2, 0) is 17.9 Å². The Kier molecular flexibility index (Phi) is 4.29. The van der Waals surface area contributed by atoms with Crippen molar-refractivity contribution in [1.29, 1.82) is 0 Å². The quantitative estimate of drug-likeness (QED) is 0.890. The number of hydrogen-bond acceptors (Lipinski definition) is 4. The predicted molar refractivity (Wildman–Crippen MR) is 72.7 cm³/mol. The third-order valence-corrected chi connectivity index (χ3v) is 2.97. The number of rotatable bonds is 5. The van der Waals surface area contributed by atoms with E-state index in [-0.39, 0.29) is 6.61 Å². The predicted octanol–water partition coefficient (Wildman–Crippen LogP) is 1.70. The van der Waals surface area contributed by atoms with Gasteiger partial charge in [0.2, 0.25) is 0 Å². The third kappa shape index (κ3) is 3.00. The molecule has 1 aromatic carbocycles. The lowest BCUT2D eigenvalue weighted by atomic mass is 10.1. The first kappa shape index (κ1) is 13.7. The lowest BCUT2D eigenvalue weighted by Gasteiger charge is -2.10. The van der Waals surface area contributed by atoms with Crippen molar-refractivity contribution in [2.75, 3.05) is 13.7 Å². The minimum atomic E-state index is -0.123. The van der Waals surface area contributed by atoms with E-state index in [2.05, 4.69) is 42.2 Å². The van der Waals surface area contributed by atoms with Gasteiger partial charge in [0.1, 0.15) is 6.61 Å². The molecule has 0 aliphatic heterocycles. The third-order valence-electron chi connectivity index (χ3n) is 2.97. The van der Waals surface area contributed by atoms with Gasteiger partial charge in [0.25, 0.3) is 0 Å². The second-order valence-electron chi connectivity index (χ2n) is 4.62. The molecule has 5 nitrogen and oxygen atoms in total. The highest BCUT2D eigenvalue weighted by molar-refractivity contribution is 5.58. The highest BCUT2D eigenvalue weighted by atomic mass is 16.5. The van der Waals surface area contributed by atoms with E-state index in [1.165, 1.54) is 11.1 Å². The van der Waals surface area contributed by atoms with E-state index in [1.54, 1.807) is 7.11 Å². The van der Waals surface area contributed by atoms with Crippen molar-refractivity contribution in [3.05, 3.63) is 35.2 Å². The van der Waals surface area contributed by atoms with Crippen LogP contribution in [0.5, 0.6) is 0 Å². The summed E-state index contributed by atoms with van der Waals surface area (Å²) in [5.74, 6) is 1.33. The maximum atomic E-state index is 9.32. The minimum absolute atomic E-state index is 0.123. The summed E-state index contributed by atoms with van der Waals surface area (Å²) in [7, 11) is 1.65. The van der Waals surface area contributed by atoms with Gasteiger partial charge in [0, 0.05) is 19.2 Å². The number of aromatic nitrogens is 3. The molecule has 0 bridgehead atoms. The summed E-state index contributed by atoms with van der Waals surface area (Å²) in [6.07, 6.45) is 0. The summed E-state index contributed by atoms with van der Waals surface area (Å²) in [6, 6.07) is 6.26. The molecule has 0 fully saturated rings. The highest BCUT2D eigenvalue weighted by Gasteiger charge is 2.13. The van der Waals surface area contributed by atoms with Crippen LogP contribution in [0.2, 0.25) is 0 Å². The van der Waals surface area contributed by atoms with Crippen molar-refractivity contribution < 1.29 is 9.84 Å². The molecular weight excluding hydrogens is 242 g/mol. The maximum absolute atomic E-state index is 9.32. The van der Waals surface area contributed by atoms with Crippen LogP contribution in [0.1, 0.15) is 17.0 Å². The number of methoxy groups -OCH3 is 1. The van der Waals surface area contributed by atoms with Crippen LogP contribution in [-0.4, -0.2) is 33.6 Å². The Labute approximate surface area is 112 Å². The molecule has 2 rings (SSSR count). The van der Waals surface area contributed by atoms with Crippen molar-refractivity contribution >= 4 is 0 Å². The summed E-state index contributed by atoms with van der Waals surface area (Å²) < 4.78 is 7.00. The second kappa shape index (κ2) is 5.95. The van der Waals surface area contributed by atoms with Crippen molar-refractivity contribution in [3.8, 4) is 11.4 Å². The molecule has 0 unspecified atom stereocenters. The number of nitrogens with zero attached hydrogens (tertiary/aromatic N) is 3. The molecule has 0 aliphatic carbocycles. The van der Waals surface area contributed by atoms with E-state index in [0.717, 1.165) is 11.4 Å². The summed E-state index contributed by atoms with van der Waals surface area (Å²) in [5.41, 5.74) is 3.38. The molecule has 0 saturated heterocycles. The van der Waals surface area contributed by atoms with Gasteiger partial charge in [-0.1, -0.05) is 17.2 Å². The molecule has 102 valence electrons. The van der Waals surface area contributed by atoms with Crippen molar-refractivity contribution in [2.45, 2.75) is 27.0 Å². The van der Waals surface area contributed by atoms with Gasteiger partial charge in [-0.25, -0.2) is 0 Å². The van der Waals surface area contributed by atoms with E-state index >= 15 is 0 Å². The zero-order chi connectivity index (χ0) is 13.8. The van der Waals surface area contributed by atoms with Gasteiger partial charge >= 0.3 is 0 Å². The summed E-state index contributed by atoms with van der Waals surface area (Å²) >= 11 is 0. The number of ether oxygens (including phenoxy) is 1. The first-order valence-corrected chi connectivity index (χ1v) is 6.26. The van der Waals surface area contributed by atoms with Crippen LogP contribution in [0.4, 0.5) is 0 Å². The van der Waals surface area contributed by atoms with Gasteiger partial charge in [0.05, 0.1) is 6.61 Å². The minimum Gasteiger partial charge on any atom is -0.388 e. The van der Waals surface area contributed by atoms with Gasteiger partial charge in [-0.2, -0.15) is 0 Å². The smallest absolute Gasteiger partial charge is 0.164 e. The van der Waals surface area contributed by atoms with Crippen LogP contribution < -0.4 is 0 Å². The first-order chi connectivity index (χ1) is 9.15. The Morgan fingerprint density at radius 1 is 1.16 bits per heavy atom. The average molecular weight is 261 g/mol. The molecule has 0 atom stereocenters. The van der Waals surface area contributed by atoms with E-state index < -0.39 is 0 Å². The maximum Gasteiger partial charge on any atom is 0.164 e. The molecule has 19 heavy (non-hydrogen) atoms. The zero-order valence-corrected chi connectivity index (χ0v) is 11.6. The fraction of sp³-hybridized carbons (Fsp3) is 0.429. The Bertz CT molecular complexity index is 544. The lowest BCUT2D eigenvalue weighted by molar-refractivity contribution is 0.183. The number of aryl methyl sites for hydroxylation is 2. The van der Waals surface area contributed by atoms with Gasteiger partial charge in [-0.05, 0) is 26.0 Å². The van der Waals surface area contributed by atoms with E-state index in [9.17, 15) is 5.11 Å². The summed E-state index contributed by atoms with van der Waals surface area (Å²) in [6.45, 7) is 5.17. The van der Waals surface area contributed by atoms with Crippen molar-refractivity contribution in [1.82, 2.24) is 14.8 Å². The zero-order valence-electron chi connectivity index (χ0n) is 11.6. The number of aliphatic hydroxyl groups excluding tert-OH is 1. The molecule has 1 N–H and O–H groups in total. The number of hydrogen-bond donors (Lipinski definition) is 1. The highest BCUT2D eigenvalue weighted by Crippen LogP contribution is 2.21. The van der Waals surface area contributed by atoms with Gasteiger partial charge in [-0.3, -0.25) is 0 Å². The SMILES string of the molecule is COCCn1c(CO)nnc1-c1cc(C)cc(C)c1. The molecule has 0 amide bonds.